The van der Waals surface area contributed by atoms with Crippen molar-refractivity contribution in [2.45, 2.75) is 124 Å². The molecule has 2 nitrogen and oxygen atoms in total. The Balaban J connectivity index is 2.68. The molecule has 0 saturated carbocycles. The summed E-state index contributed by atoms with van der Waals surface area (Å²) in [6, 6.07) is 8.67. The second-order valence-corrected chi connectivity index (χ2v) is 10.3. The molecule has 0 amide bonds. The van der Waals surface area contributed by atoms with Gasteiger partial charge in [-0.05, 0) is 96.9 Å². The number of phenols is 2. The predicted molar refractivity (Wildman–Crippen MR) is 143 cm³/mol. The number of phenolic OH excluding ortho intramolecular Hbond substituents is 2. The van der Waals surface area contributed by atoms with E-state index in [1.807, 2.05) is 12.1 Å². The Morgan fingerprint density at radius 2 is 0.818 bits per heavy atom. The summed E-state index contributed by atoms with van der Waals surface area (Å²) in [5.74, 6) is 0.907. The van der Waals surface area contributed by atoms with E-state index in [0.717, 1.165) is 88.2 Å². The van der Waals surface area contributed by atoms with Crippen LogP contribution in [0.5, 0.6) is 11.5 Å². The van der Waals surface area contributed by atoms with Crippen molar-refractivity contribution < 1.29 is 10.2 Å². The quantitative estimate of drug-likeness (QED) is 0.300. The molecule has 0 aliphatic carbocycles. The molecule has 0 radical (unpaired) electrons. The van der Waals surface area contributed by atoms with Crippen LogP contribution in [0.2, 0.25) is 0 Å². The first-order valence-corrected chi connectivity index (χ1v) is 13.5. The molecule has 0 bridgehead atoms. The van der Waals surface area contributed by atoms with Gasteiger partial charge in [0.15, 0.2) is 0 Å². The fraction of sp³-hybridized carbons (Fsp3) is 0.613. The van der Waals surface area contributed by atoms with Gasteiger partial charge >= 0.3 is 0 Å². The Labute approximate surface area is 203 Å². The summed E-state index contributed by atoms with van der Waals surface area (Å²) >= 11 is 0. The van der Waals surface area contributed by atoms with Crippen LogP contribution < -0.4 is 0 Å². The summed E-state index contributed by atoms with van der Waals surface area (Å²) in [5, 5.41) is 21.6. The summed E-state index contributed by atoms with van der Waals surface area (Å²) < 4.78 is 0. The number of hydrogen-bond acceptors (Lipinski definition) is 2. The Hall–Kier alpha value is -1.96. The van der Waals surface area contributed by atoms with Gasteiger partial charge in [-0.15, -0.1) is 0 Å². The molecule has 0 unspecified atom stereocenters. The Bertz CT molecular complexity index is 807. The molecular weight excluding hydrogens is 404 g/mol. The molecule has 0 aliphatic rings. The number of hydrogen-bond donors (Lipinski definition) is 2. The maximum atomic E-state index is 10.8. The van der Waals surface area contributed by atoms with Gasteiger partial charge < -0.3 is 10.2 Å². The largest absolute Gasteiger partial charge is 0.508 e. The normalized spacial score (nSPS) is 11.8. The highest BCUT2D eigenvalue weighted by atomic mass is 16.3. The van der Waals surface area contributed by atoms with E-state index in [2.05, 4.69) is 53.7 Å². The smallest absolute Gasteiger partial charge is 0.119 e. The van der Waals surface area contributed by atoms with E-state index in [4.69, 9.17) is 0 Å². The molecule has 33 heavy (non-hydrogen) atoms. The minimum atomic E-state index is -0.199. The zero-order valence-corrected chi connectivity index (χ0v) is 22.2. The first-order valence-electron chi connectivity index (χ1n) is 13.5. The van der Waals surface area contributed by atoms with Gasteiger partial charge in [-0.25, -0.2) is 0 Å². The zero-order valence-electron chi connectivity index (χ0n) is 22.2. The van der Waals surface area contributed by atoms with Crippen molar-refractivity contribution in [1.82, 2.24) is 0 Å². The molecule has 0 atom stereocenters. The van der Waals surface area contributed by atoms with Gasteiger partial charge in [0.05, 0.1) is 0 Å². The Kier molecular flexibility index (Phi) is 10.8. The maximum absolute atomic E-state index is 10.8. The van der Waals surface area contributed by atoms with E-state index in [9.17, 15) is 10.2 Å². The van der Waals surface area contributed by atoms with Crippen LogP contribution in [-0.4, -0.2) is 10.2 Å². The molecule has 2 aromatic rings. The molecular formula is C31H48O2. The van der Waals surface area contributed by atoms with Gasteiger partial charge in [0.2, 0.25) is 0 Å². The highest BCUT2D eigenvalue weighted by Crippen LogP contribution is 2.41. The zero-order chi connectivity index (χ0) is 24.4. The average molecular weight is 453 g/mol. The summed E-state index contributed by atoms with van der Waals surface area (Å²) in [4.78, 5) is 0. The van der Waals surface area contributed by atoms with Gasteiger partial charge in [0, 0.05) is 5.41 Å². The van der Waals surface area contributed by atoms with Gasteiger partial charge in [-0.3, -0.25) is 0 Å². The second-order valence-electron chi connectivity index (χ2n) is 10.3. The summed E-state index contributed by atoms with van der Waals surface area (Å²) in [5.41, 5.74) is 7.15. The van der Waals surface area contributed by atoms with Crippen LogP contribution in [0.1, 0.15) is 126 Å². The molecule has 2 heteroatoms. The fourth-order valence-electron chi connectivity index (χ4n) is 4.94. The minimum Gasteiger partial charge on any atom is -0.508 e. The van der Waals surface area contributed by atoms with Crippen molar-refractivity contribution in [1.29, 1.82) is 0 Å². The molecule has 2 N–H and O–H groups in total. The number of aromatic hydroxyl groups is 2. The topological polar surface area (TPSA) is 40.5 Å². The van der Waals surface area contributed by atoms with E-state index in [0.29, 0.717) is 11.5 Å². The maximum Gasteiger partial charge on any atom is 0.119 e. The van der Waals surface area contributed by atoms with Crippen LogP contribution in [0.25, 0.3) is 0 Å². The lowest BCUT2D eigenvalue weighted by Crippen LogP contribution is -2.24. The lowest BCUT2D eigenvalue weighted by molar-refractivity contribution is 0.463. The molecule has 184 valence electrons. The highest BCUT2D eigenvalue weighted by Gasteiger charge is 2.30. The van der Waals surface area contributed by atoms with Crippen LogP contribution in [0.15, 0.2) is 24.3 Å². The van der Waals surface area contributed by atoms with Crippen LogP contribution in [0.4, 0.5) is 0 Å². The van der Waals surface area contributed by atoms with Crippen molar-refractivity contribution in [3.63, 3.8) is 0 Å². The molecule has 0 aliphatic heterocycles. The molecule has 0 heterocycles. The predicted octanol–water partition coefficient (Wildman–Crippen LogP) is 8.79. The molecule has 0 aromatic heterocycles. The Morgan fingerprint density at radius 3 is 1.12 bits per heavy atom. The van der Waals surface area contributed by atoms with Gasteiger partial charge in [0.25, 0.3) is 0 Å². The van der Waals surface area contributed by atoms with Crippen LogP contribution in [0.3, 0.4) is 0 Å². The van der Waals surface area contributed by atoms with Gasteiger partial charge in [-0.2, -0.15) is 0 Å². The highest BCUT2D eigenvalue weighted by molar-refractivity contribution is 5.53. The van der Waals surface area contributed by atoms with Gasteiger partial charge in [0.1, 0.15) is 11.5 Å². The van der Waals surface area contributed by atoms with Crippen molar-refractivity contribution in [2.75, 3.05) is 0 Å². The SMILES string of the molecule is CCCCc1cc(C(C)(C)c2cc(CCCC)c(O)cc2CCCC)c(CCCC)cc1O. The van der Waals surface area contributed by atoms with Crippen LogP contribution in [0, 0.1) is 0 Å². The number of benzene rings is 2. The monoisotopic (exact) mass is 452 g/mol. The second kappa shape index (κ2) is 13.1. The van der Waals surface area contributed by atoms with Crippen LogP contribution in [-0.2, 0) is 31.1 Å². The van der Waals surface area contributed by atoms with E-state index in [1.54, 1.807) is 0 Å². The van der Waals surface area contributed by atoms with E-state index < -0.39 is 0 Å². The van der Waals surface area contributed by atoms with Crippen molar-refractivity contribution >= 4 is 0 Å². The van der Waals surface area contributed by atoms with Crippen molar-refractivity contribution in [3.8, 4) is 11.5 Å². The molecule has 0 spiro atoms. The van der Waals surface area contributed by atoms with Gasteiger partial charge in [-0.1, -0.05) is 79.4 Å². The number of unbranched alkanes of at least 4 members (excludes halogenated alkanes) is 4. The average Bonchev–Trinajstić information content (AvgIpc) is 2.79. The molecule has 0 saturated heterocycles. The molecule has 0 fully saturated rings. The van der Waals surface area contributed by atoms with Crippen molar-refractivity contribution in [2.24, 2.45) is 0 Å². The fourth-order valence-corrected chi connectivity index (χ4v) is 4.94. The molecule has 2 aromatic carbocycles. The number of aryl methyl sites for hydroxylation is 4. The minimum absolute atomic E-state index is 0.199. The standard InChI is InChI=1S/C31H48O2/c1-7-11-15-23-21-29(32)25(17-13-9-3)19-27(23)31(5,6)28-20-26(18-14-10-4)30(33)22-24(28)16-12-8-2/h19-22,32-33H,7-18H2,1-6H3. The first-order chi connectivity index (χ1) is 15.8. The summed E-state index contributed by atoms with van der Waals surface area (Å²) in [7, 11) is 0. The van der Waals surface area contributed by atoms with Crippen LogP contribution >= 0.6 is 0 Å². The first kappa shape index (κ1) is 27.3. The van der Waals surface area contributed by atoms with Crippen molar-refractivity contribution in [3.05, 3.63) is 57.6 Å². The lowest BCUT2D eigenvalue weighted by Gasteiger charge is -2.32. The third kappa shape index (κ3) is 7.01. The van der Waals surface area contributed by atoms with E-state index >= 15 is 0 Å². The lowest BCUT2D eigenvalue weighted by atomic mass is 9.71. The Morgan fingerprint density at radius 1 is 0.515 bits per heavy atom. The third-order valence-corrected chi connectivity index (χ3v) is 7.15. The summed E-state index contributed by atoms with van der Waals surface area (Å²) in [6.07, 6.45) is 12.7. The summed E-state index contributed by atoms with van der Waals surface area (Å²) in [6.45, 7) is 13.5. The number of rotatable bonds is 14. The van der Waals surface area contributed by atoms with E-state index in [1.165, 1.54) is 22.3 Å². The third-order valence-electron chi connectivity index (χ3n) is 7.15. The molecule has 2 rings (SSSR count). The van der Waals surface area contributed by atoms with E-state index in [-0.39, 0.29) is 5.41 Å².